The van der Waals surface area contributed by atoms with E-state index >= 15 is 0 Å². The summed E-state index contributed by atoms with van der Waals surface area (Å²) >= 11 is 0. The molecule has 0 aliphatic carbocycles. The molecular formula is C16H19N3O4S. The Bertz CT molecular complexity index is 802. The molecule has 0 spiro atoms. The van der Waals surface area contributed by atoms with E-state index in [1.807, 2.05) is 0 Å². The van der Waals surface area contributed by atoms with E-state index in [1.54, 1.807) is 38.3 Å². The van der Waals surface area contributed by atoms with Crippen molar-refractivity contribution in [3.63, 3.8) is 0 Å². The van der Waals surface area contributed by atoms with Gasteiger partial charge in [0.25, 0.3) is 0 Å². The number of sulfonamides is 1. The van der Waals surface area contributed by atoms with Crippen molar-refractivity contribution in [1.29, 1.82) is 0 Å². The molecule has 7 nitrogen and oxygen atoms in total. The number of ketones is 1. The second-order valence-electron chi connectivity index (χ2n) is 5.30. The first-order valence-corrected chi connectivity index (χ1v) is 8.82. The third kappa shape index (κ3) is 4.36. The molecule has 8 heteroatoms. The average Bonchev–Trinajstić information content (AvgIpc) is 2.60. The summed E-state index contributed by atoms with van der Waals surface area (Å²) in [6, 6.07) is 6.96. The van der Waals surface area contributed by atoms with Crippen LogP contribution in [0.5, 0.6) is 5.75 Å². The number of aryl methyl sites for hydroxylation is 1. The number of hydrogen-bond acceptors (Lipinski definition) is 6. The number of Topliss-reactive ketones (excluding diaryl/α,β-unsaturated/α-hetero) is 1. The van der Waals surface area contributed by atoms with Crippen LogP contribution in [0.25, 0.3) is 0 Å². The Hall–Kier alpha value is -2.32. The van der Waals surface area contributed by atoms with Crippen molar-refractivity contribution in [3.05, 3.63) is 53.6 Å². The lowest BCUT2D eigenvalue weighted by Crippen LogP contribution is -2.37. The molecule has 0 saturated carbocycles. The van der Waals surface area contributed by atoms with Crippen molar-refractivity contribution < 1.29 is 17.9 Å². The van der Waals surface area contributed by atoms with Crippen molar-refractivity contribution in [2.24, 2.45) is 0 Å². The van der Waals surface area contributed by atoms with E-state index in [4.69, 9.17) is 4.74 Å². The molecule has 0 unspecified atom stereocenters. The van der Waals surface area contributed by atoms with E-state index in [1.165, 1.54) is 19.3 Å². The largest absolute Gasteiger partial charge is 0.497 e. The zero-order chi connectivity index (χ0) is 17.7. The Labute approximate surface area is 141 Å². The van der Waals surface area contributed by atoms with Gasteiger partial charge in [0.1, 0.15) is 11.0 Å². The van der Waals surface area contributed by atoms with Crippen LogP contribution in [0, 0.1) is 6.92 Å². The molecule has 1 aromatic carbocycles. The minimum atomic E-state index is -3.84. The maximum atomic E-state index is 12.3. The Kier molecular flexibility index (Phi) is 5.63. The van der Waals surface area contributed by atoms with Crippen LogP contribution in [0.4, 0.5) is 0 Å². The van der Waals surface area contributed by atoms with Gasteiger partial charge in [-0.15, -0.1) is 0 Å². The van der Waals surface area contributed by atoms with Crippen LogP contribution in [0.1, 0.15) is 28.7 Å². The summed E-state index contributed by atoms with van der Waals surface area (Å²) in [5.41, 5.74) is 1.55. The molecule has 0 aliphatic rings. The number of benzene rings is 1. The molecule has 0 radical (unpaired) electrons. The van der Waals surface area contributed by atoms with Crippen molar-refractivity contribution in [2.45, 2.75) is 25.6 Å². The first-order valence-electron chi connectivity index (χ1n) is 7.28. The lowest BCUT2D eigenvalue weighted by Gasteiger charge is -2.12. The number of aromatic nitrogens is 2. The van der Waals surface area contributed by atoms with Gasteiger partial charge in [-0.1, -0.05) is 12.1 Å². The van der Waals surface area contributed by atoms with Crippen LogP contribution in [0.2, 0.25) is 0 Å². The standard InChI is InChI=1S/C16H19N3O4S/c1-11-8-17-16(18-9-11)15(20)12(2)24(21,22)19-10-13-4-6-14(23-3)7-5-13/h4-9,12,19H,10H2,1-3H3/t12-/m0/s1. The van der Waals surface area contributed by atoms with Crippen molar-refractivity contribution in [2.75, 3.05) is 7.11 Å². The molecule has 128 valence electrons. The topological polar surface area (TPSA) is 98.2 Å². The molecule has 2 aromatic rings. The van der Waals surface area contributed by atoms with Crippen molar-refractivity contribution in [3.8, 4) is 5.75 Å². The van der Waals surface area contributed by atoms with E-state index < -0.39 is 21.1 Å². The normalized spacial score (nSPS) is 12.6. The second-order valence-corrected chi connectivity index (χ2v) is 7.39. The Morgan fingerprint density at radius 2 is 1.79 bits per heavy atom. The van der Waals surface area contributed by atoms with Crippen LogP contribution in [-0.2, 0) is 16.6 Å². The molecule has 2 rings (SSSR count). The number of carbonyl (C=O) groups excluding carboxylic acids is 1. The van der Waals surface area contributed by atoms with Gasteiger partial charge in [0, 0.05) is 18.9 Å². The predicted octanol–water partition coefficient (Wildman–Crippen LogP) is 1.48. The van der Waals surface area contributed by atoms with Crippen LogP contribution in [-0.4, -0.2) is 36.5 Å². The van der Waals surface area contributed by atoms with Gasteiger partial charge in [0.05, 0.1) is 7.11 Å². The summed E-state index contributed by atoms with van der Waals surface area (Å²) in [5.74, 6) is -0.0678. The van der Waals surface area contributed by atoms with Gasteiger partial charge in [-0.2, -0.15) is 0 Å². The van der Waals surface area contributed by atoms with Gasteiger partial charge in [-0.05, 0) is 37.1 Å². The number of ether oxygens (including phenoxy) is 1. The van der Waals surface area contributed by atoms with Gasteiger partial charge in [-0.3, -0.25) is 4.79 Å². The van der Waals surface area contributed by atoms with E-state index in [0.717, 1.165) is 11.1 Å². The molecule has 0 saturated heterocycles. The Balaban J connectivity index is 2.05. The Morgan fingerprint density at radius 1 is 1.21 bits per heavy atom. The average molecular weight is 349 g/mol. The third-order valence-electron chi connectivity index (χ3n) is 3.47. The minimum Gasteiger partial charge on any atom is -0.497 e. The zero-order valence-electron chi connectivity index (χ0n) is 13.7. The molecule has 1 aromatic heterocycles. The van der Waals surface area contributed by atoms with Crippen LogP contribution in [0.15, 0.2) is 36.7 Å². The number of rotatable bonds is 7. The fraction of sp³-hybridized carbons (Fsp3) is 0.312. The second kappa shape index (κ2) is 7.50. The van der Waals surface area contributed by atoms with Gasteiger partial charge in [0.15, 0.2) is 5.82 Å². The molecule has 0 bridgehead atoms. The first-order chi connectivity index (χ1) is 11.3. The summed E-state index contributed by atoms with van der Waals surface area (Å²) in [6.45, 7) is 3.19. The van der Waals surface area contributed by atoms with E-state index in [9.17, 15) is 13.2 Å². The number of methoxy groups -OCH3 is 1. The van der Waals surface area contributed by atoms with Gasteiger partial charge in [-0.25, -0.2) is 23.1 Å². The minimum absolute atomic E-state index is 0.0820. The lowest BCUT2D eigenvalue weighted by molar-refractivity contribution is 0.0981. The molecule has 1 heterocycles. The third-order valence-corrected chi connectivity index (χ3v) is 5.16. The predicted molar refractivity (Wildman–Crippen MR) is 89.3 cm³/mol. The maximum absolute atomic E-state index is 12.3. The number of carbonyl (C=O) groups is 1. The summed E-state index contributed by atoms with van der Waals surface area (Å²) in [6.07, 6.45) is 2.95. The van der Waals surface area contributed by atoms with Gasteiger partial charge < -0.3 is 4.74 Å². The molecule has 24 heavy (non-hydrogen) atoms. The zero-order valence-corrected chi connectivity index (χ0v) is 14.5. The highest BCUT2D eigenvalue weighted by Crippen LogP contribution is 2.12. The summed E-state index contributed by atoms with van der Waals surface area (Å²) in [7, 11) is -2.29. The maximum Gasteiger partial charge on any atom is 0.222 e. The van der Waals surface area contributed by atoms with E-state index in [0.29, 0.717) is 5.75 Å². The van der Waals surface area contributed by atoms with Crippen molar-refractivity contribution >= 4 is 15.8 Å². The van der Waals surface area contributed by atoms with Gasteiger partial charge >= 0.3 is 0 Å². The quantitative estimate of drug-likeness (QED) is 0.760. The molecule has 0 fully saturated rings. The summed E-state index contributed by atoms with van der Waals surface area (Å²) in [5, 5.41) is -1.28. The van der Waals surface area contributed by atoms with Crippen molar-refractivity contribution in [1.82, 2.24) is 14.7 Å². The number of nitrogens with zero attached hydrogens (tertiary/aromatic N) is 2. The Morgan fingerprint density at radius 3 is 2.33 bits per heavy atom. The van der Waals surface area contributed by atoms with E-state index in [2.05, 4.69) is 14.7 Å². The molecule has 1 atom stereocenters. The molecule has 0 amide bonds. The number of hydrogen-bond donors (Lipinski definition) is 1. The molecular weight excluding hydrogens is 330 g/mol. The summed E-state index contributed by atoms with van der Waals surface area (Å²) in [4.78, 5) is 20.0. The first kappa shape index (κ1) is 18.0. The highest BCUT2D eigenvalue weighted by atomic mass is 32.2. The van der Waals surface area contributed by atoms with Crippen LogP contribution in [0.3, 0.4) is 0 Å². The smallest absolute Gasteiger partial charge is 0.222 e. The fourth-order valence-corrected chi connectivity index (χ4v) is 2.90. The fourth-order valence-electron chi connectivity index (χ4n) is 1.89. The number of nitrogens with one attached hydrogen (secondary N) is 1. The SMILES string of the molecule is COc1ccc(CNS(=O)(=O)[C@@H](C)C(=O)c2ncc(C)cn2)cc1. The van der Waals surface area contributed by atoms with Crippen LogP contribution >= 0.6 is 0 Å². The molecule has 0 aliphatic heterocycles. The monoisotopic (exact) mass is 349 g/mol. The lowest BCUT2D eigenvalue weighted by atomic mass is 10.2. The van der Waals surface area contributed by atoms with E-state index in [-0.39, 0.29) is 12.4 Å². The van der Waals surface area contributed by atoms with Crippen LogP contribution < -0.4 is 9.46 Å². The highest BCUT2D eigenvalue weighted by Gasteiger charge is 2.30. The highest BCUT2D eigenvalue weighted by molar-refractivity contribution is 7.90. The summed E-state index contributed by atoms with van der Waals surface area (Å²) < 4.78 is 32.1. The molecule has 1 N–H and O–H groups in total. The van der Waals surface area contributed by atoms with Gasteiger partial charge in [0.2, 0.25) is 15.8 Å².